The fraction of sp³-hybridized carbons (Fsp3) is 0.103. The zero-order chi connectivity index (χ0) is 23.5. The Morgan fingerprint density at radius 3 is 2.29 bits per heavy atom. The lowest BCUT2D eigenvalue weighted by Gasteiger charge is -2.19. The number of amidine groups is 1. The Hall–Kier alpha value is -4.38. The molecule has 1 aliphatic rings. The fourth-order valence-electron chi connectivity index (χ4n) is 4.07. The van der Waals surface area contributed by atoms with E-state index in [1.807, 2.05) is 85.8 Å². The molecule has 0 fully saturated rings. The molecule has 0 bridgehead atoms. The number of nitrogens with zero attached hydrogens (tertiary/aromatic N) is 2. The van der Waals surface area contributed by atoms with E-state index in [0.29, 0.717) is 18.1 Å². The molecule has 1 aliphatic heterocycles. The summed E-state index contributed by atoms with van der Waals surface area (Å²) in [6.45, 7) is 2.52. The molecule has 0 atom stereocenters. The summed E-state index contributed by atoms with van der Waals surface area (Å²) >= 11 is 0. The number of benzene rings is 4. The van der Waals surface area contributed by atoms with Crippen molar-refractivity contribution in [2.45, 2.75) is 6.92 Å². The number of methoxy groups -OCH3 is 1. The maximum atomic E-state index is 13.7. The first kappa shape index (κ1) is 21.5. The number of hydrogen-bond donors (Lipinski definition) is 0. The molecule has 0 unspecified atom stereocenters. The molecule has 0 radical (unpaired) electrons. The Morgan fingerprint density at radius 2 is 1.56 bits per heavy atom. The normalized spacial score (nSPS) is 14.5. The average Bonchev–Trinajstić information content (AvgIpc) is 3.20. The van der Waals surface area contributed by atoms with Gasteiger partial charge in [-0.1, -0.05) is 42.5 Å². The van der Waals surface area contributed by atoms with Gasteiger partial charge in [-0.3, -0.25) is 9.69 Å². The van der Waals surface area contributed by atoms with E-state index in [4.69, 9.17) is 14.5 Å². The summed E-state index contributed by atoms with van der Waals surface area (Å²) in [6, 6.07) is 29.2. The van der Waals surface area contributed by atoms with Gasteiger partial charge in [0.05, 0.1) is 19.4 Å². The Bertz CT molecular complexity index is 1400. The minimum Gasteiger partial charge on any atom is -0.497 e. The van der Waals surface area contributed by atoms with Crippen LogP contribution in [-0.4, -0.2) is 25.5 Å². The van der Waals surface area contributed by atoms with Crippen LogP contribution in [0.4, 0.5) is 5.69 Å². The highest BCUT2D eigenvalue weighted by atomic mass is 16.5. The number of aliphatic imine (C=N–C) groups is 1. The van der Waals surface area contributed by atoms with E-state index in [0.717, 1.165) is 39.1 Å². The van der Waals surface area contributed by atoms with Crippen LogP contribution < -0.4 is 14.4 Å². The molecule has 0 aromatic heterocycles. The van der Waals surface area contributed by atoms with E-state index in [1.54, 1.807) is 12.0 Å². The van der Waals surface area contributed by atoms with Crippen molar-refractivity contribution < 1.29 is 14.3 Å². The molecule has 0 saturated carbocycles. The Labute approximate surface area is 198 Å². The Morgan fingerprint density at radius 1 is 0.853 bits per heavy atom. The Balaban J connectivity index is 1.61. The first-order valence-electron chi connectivity index (χ1n) is 11.2. The first-order chi connectivity index (χ1) is 16.7. The third kappa shape index (κ3) is 4.04. The molecule has 1 heterocycles. The number of anilines is 1. The highest BCUT2D eigenvalue weighted by molar-refractivity contribution is 6.33. The summed E-state index contributed by atoms with van der Waals surface area (Å²) in [5, 5.41) is 2.19. The van der Waals surface area contributed by atoms with Crippen LogP contribution in [0.15, 0.2) is 102 Å². The lowest BCUT2D eigenvalue weighted by Crippen LogP contribution is -2.32. The number of hydrogen-bond acceptors (Lipinski definition) is 4. The van der Waals surface area contributed by atoms with Crippen molar-refractivity contribution in [3.8, 4) is 11.5 Å². The van der Waals surface area contributed by atoms with Gasteiger partial charge in [0, 0.05) is 5.56 Å². The topological polar surface area (TPSA) is 51.1 Å². The third-order valence-corrected chi connectivity index (χ3v) is 5.73. The molecule has 5 rings (SSSR count). The minimum atomic E-state index is -0.178. The van der Waals surface area contributed by atoms with Gasteiger partial charge in [0.2, 0.25) is 0 Å². The van der Waals surface area contributed by atoms with Crippen molar-refractivity contribution >= 4 is 34.3 Å². The van der Waals surface area contributed by atoms with Crippen LogP contribution in [0.3, 0.4) is 0 Å². The van der Waals surface area contributed by atoms with Gasteiger partial charge < -0.3 is 9.47 Å². The van der Waals surface area contributed by atoms with E-state index in [-0.39, 0.29) is 5.91 Å². The van der Waals surface area contributed by atoms with E-state index in [2.05, 4.69) is 18.2 Å². The SMILES string of the molecule is CCOc1ccc(N2C(=O)/C(=C\c3cccc4ccccc34)N=C2c2ccc(OC)cc2)cc1. The van der Waals surface area contributed by atoms with Gasteiger partial charge >= 0.3 is 0 Å². The predicted molar refractivity (Wildman–Crippen MR) is 137 cm³/mol. The smallest absolute Gasteiger partial charge is 0.282 e. The van der Waals surface area contributed by atoms with Crippen LogP contribution in [0, 0.1) is 0 Å². The average molecular weight is 449 g/mol. The van der Waals surface area contributed by atoms with E-state index < -0.39 is 0 Å². The molecule has 0 spiro atoms. The highest BCUT2D eigenvalue weighted by Gasteiger charge is 2.32. The van der Waals surface area contributed by atoms with Gasteiger partial charge in [-0.05, 0) is 77.9 Å². The van der Waals surface area contributed by atoms with Gasteiger partial charge in [-0.2, -0.15) is 0 Å². The second kappa shape index (κ2) is 9.24. The molecule has 4 aromatic carbocycles. The van der Waals surface area contributed by atoms with E-state index in [9.17, 15) is 4.79 Å². The number of amides is 1. The molecule has 1 amide bonds. The molecular weight excluding hydrogens is 424 g/mol. The maximum absolute atomic E-state index is 13.7. The molecular formula is C29H24N2O3. The monoisotopic (exact) mass is 448 g/mol. The van der Waals surface area contributed by atoms with Crippen LogP contribution in [0.25, 0.3) is 16.8 Å². The summed E-state index contributed by atoms with van der Waals surface area (Å²) in [7, 11) is 1.63. The first-order valence-corrected chi connectivity index (χ1v) is 11.2. The zero-order valence-corrected chi connectivity index (χ0v) is 19.1. The van der Waals surface area contributed by atoms with Crippen LogP contribution in [0.1, 0.15) is 18.1 Å². The molecule has 5 nitrogen and oxygen atoms in total. The van der Waals surface area contributed by atoms with E-state index >= 15 is 0 Å². The van der Waals surface area contributed by atoms with Crippen molar-refractivity contribution in [2.75, 3.05) is 18.6 Å². The zero-order valence-electron chi connectivity index (χ0n) is 19.1. The number of rotatable bonds is 6. The standard InChI is InChI=1S/C29H24N2O3/c1-3-34-25-17-13-23(14-18-25)31-28(21-11-15-24(33-2)16-12-21)30-27(29(31)32)19-22-9-6-8-20-7-4-5-10-26(20)22/h4-19H,3H2,1-2H3/b27-19+. The van der Waals surface area contributed by atoms with Crippen LogP contribution >= 0.6 is 0 Å². The van der Waals surface area contributed by atoms with Gasteiger partial charge in [-0.15, -0.1) is 0 Å². The van der Waals surface area contributed by atoms with Gasteiger partial charge in [0.15, 0.2) is 0 Å². The fourth-order valence-corrected chi connectivity index (χ4v) is 4.07. The molecule has 0 aliphatic carbocycles. The van der Waals surface area contributed by atoms with Gasteiger partial charge in [0.1, 0.15) is 23.0 Å². The molecule has 0 saturated heterocycles. The van der Waals surface area contributed by atoms with Crippen LogP contribution in [-0.2, 0) is 4.79 Å². The van der Waals surface area contributed by atoms with Crippen molar-refractivity contribution in [3.63, 3.8) is 0 Å². The van der Waals surface area contributed by atoms with Crippen molar-refractivity contribution in [3.05, 3.63) is 108 Å². The lowest BCUT2D eigenvalue weighted by molar-refractivity contribution is -0.113. The second-order valence-corrected chi connectivity index (χ2v) is 7.83. The molecule has 0 N–H and O–H groups in total. The van der Waals surface area contributed by atoms with Crippen LogP contribution in [0.2, 0.25) is 0 Å². The third-order valence-electron chi connectivity index (χ3n) is 5.73. The van der Waals surface area contributed by atoms with Crippen molar-refractivity contribution in [1.29, 1.82) is 0 Å². The Kier molecular flexibility index (Phi) is 5.83. The summed E-state index contributed by atoms with van der Waals surface area (Å²) in [4.78, 5) is 20.1. The lowest BCUT2D eigenvalue weighted by atomic mass is 10.0. The van der Waals surface area contributed by atoms with Crippen LogP contribution in [0.5, 0.6) is 11.5 Å². The number of carbonyl (C=O) groups is 1. The molecule has 34 heavy (non-hydrogen) atoms. The predicted octanol–water partition coefficient (Wildman–Crippen LogP) is 6.08. The number of fused-ring (bicyclic) bond motifs is 1. The maximum Gasteiger partial charge on any atom is 0.282 e. The molecule has 5 heteroatoms. The summed E-state index contributed by atoms with van der Waals surface area (Å²) in [5.41, 5.74) is 2.89. The van der Waals surface area contributed by atoms with Crippen molar-refractivity contribution in [2.24, 2.45) is 4.99 Å². The van der Waals surface area contributed by atoms with Crippen molar-refractivity contribution in [1.82, 2.24) is 0 Å². The number of ether oxygens (including phenoxy) is 2. The highest BCUT2D eigenvalue weighted by Crippen LogP contribution is 2.31. The molecule has 4 aromatic rings. The van der Waals surface area contributed by atoms with Gasteiger partial charge in [0.25, 0.3) is 5.91 Å². The summed E-state index contributed by atoms with van der Waals surface area (Å²) in [6.07, 6.45) is 1.86. The minimum absolute atomic E-state index is 0.178. The summed E-state index contributed by atoms with van der Waals surface area (Å²) < 4.78 is 10.9. The van der Waals surface area contributed by atoms with Gasteiger partial charge in [-0.25, -0.2) is 4.99 Å². The number of carbonyl (C=O) groups excluding carboxylic acids is 1. The quantitative estimate of drug-likeness (QED) is 0.336. The summed E-state index contributed by atoms with van der Waals surface area (Å²) in [5.74, 6) is 1.89. The van der Waals surface area contributed by atoms with E-state index in [1.165, 1.54) is 0 Å². The largest absolute Gasteiger partial charge is 0.497 e. The second-order valence-electron chi connectivity index (χ2n) is 7.83. The molecule has 168 valence electrons.